The van der Waals surface area contributed by atoms with Gasteiger partial charge in [-0.05, 0) is 31.7 Å². The van der Waals surface area contributed by atoms with E-state index < -0.39 is 0 Å². The van der Waals surface area contributed by atoms with Gasteiger partial charge in [-0.1, -0.05) is 6.42 Å². The van der Waals surface area contributed by atoms with E-state index in [9.17, 15) is 4.79 Å². The van der Waals surface area contributed by atoms with E-state index in [0.717, 1.165) is 36.9 Å². The highest BCUT2D eigenvalue weighted by Gasteiger charge is 2.33. The Kier molecular flexibility index (Phi) is 3.20. The van der Waals surface area contributed by atoms with Gasteiger partial charge >= 0.3 is 0 Å². The number of nitrogens with one attached hydrogen (secondary N) is 1. The van der Waals surface area contributed by atoms with Crippen molar-refractivity contribution in [2.24, 2.45) is 7.05 Å². The van der Waals surface area contributed by atoms with E-state index in [0.29, 0.717) is 5.92 Å². The number of aromatic nitrogens is 5. The minimum absolute atomic E-state index is 0.161. The van der Waals surface area contributed by atoms with Gasteiger partial charge in [0.25, 0.3) is 5.56 Å². The van der Waals surface area contributed by atoms with Gasteiger partial charge in [0, 0.05) is 25.6 Å². The molecule has 1 N–H and O–H groups in total. The molecule has 0 bridgehead atoms. The van der Waals surface area contributed by atoms with Crippen LogP contribution in [0.2, 0.25) is 0 Å². The summed E-state index contributed by atoms with van der Waals surface area (Å²) in [7, 11) is 2.05. The lowest BCUT2D eigenvalue weighted by atomic mass is 9.85. The van der Waals surface area contributed by atoms with Gasteiger partial charge in [-0.15, -0.1) is 10.2 Å². The summed E-state index contributed by atoms with van der Waals surface area (Å²) in [5.41, 5.74) is 0.726. The average Bonchev–Trinajstić information content (AvgIpc) is 3.06. The monoisotopic (exact) mass is 300 g/mol. The van der Waals surface area contributed by atoms with E-state index in [-0.39, 0.29) is 11.6 Å². The van der Waals surface area contributed by atoms with Crippen LogP contribution in [0.1, 0.15) is 55.6 Å². The van der Waals surface area contributed by atoms with E-state index in [1.165, 1.54) is 25.3 Å². The Hall–Kier alpha value is -2.18. The molecule has 4 rings (SSSR count). The van der Waals surface area contributed by atoms with E-state index in [4.69, 9.17) is 0 Å². The zero-order chi connectivity index (χ0) is 15.1. The van der Waals surface area contributed by atoms with Crippen molar-refractivity contribution in [2.75, 3.05) is 11.4 Å². The molecule has 2 fully saturated rings. The van der Waals surface area contributed by atoms with Crippen LogP contribution in [0.3, 0.4) is 0 Å². The first-order valence-corrected chi connectivity index (χ1v) is 7.95. The number of rotatable bonds is 3. The smallest absolute Gasteiger partial charge is 0.264 e. The zero-order valence-corrected chi connectivity index (χ0v) is 12.7. The van der Waals surface area contributed by atoms with Crippen LogP contribution in [0, 0.1) is 0 Å². The normalized spacial score (nSPS) is 22.0. The van der Waals surface area contributed by atoms with Crippen LogP contribution in [-0.4, -0.2) is 31.5 Å². The molecule has 1 saturated heterocycles. The molecule has 2 aromatic heterocycles. The molecule has 22 heavy (non-hydrogen) atoms. The molecule has 2 aliphatic rings. The molecule has 1 saturated carbocycles. The van der Waals surface area contributed by atoms with Crippen molar-refractivity contribution in [2.45, 2.75) is 44.1 Å². The third kappa shape index (κ3) is 2.12. The molecule has 2 aromatic rings. The van der Waals surface area contributed by atoms with E-state index in [2.05, 4.69) is 36.9 Å². The molecular formula is C15H20N6O. The average molecular weight is 300 g/mol. The van der Waals surface area contributed by atoms with Crippen LogP contribution in [0.15, 0.2) is 16.9 Å². The number of nitrogens with zero attached hydrogens (tertiary/aromatic N) is 5. The van der Waals surface area contributed by atoms with Crippen molar-refractivity contribution in [3.05, 3.63) is 34.0 Å². The molecule has 0 radical (unpaired) electrons. The summed E-state index contributed by atoms with van der Waals surface area (Å²) >= 11 is 0. The van der Waals surface area contributed by atoms with Crippen molar-refractivity contribution in [1.29, 1.82) is 0 Å². The zero-order valence-electron chi connectivity index (χ0n) is 12.7. The Balaban J connectivity index is 1.64. The quantitative estimate of drug-likeness (QED) is 0.929. The number of hydrogen-bond acceptors (Lipinski definition) is 5. The van der Waals surface area contributed by atoms with Gasteiger partial charge < -0.3 is 9.47 Å². The molecule has 1 aliphatic heterocycles. The van der Waals surface area contributed by atoms with E-state index >= 15 is 0 Å². The first kappa shape index (κ1) is 13.5. The van der Waals surface area contributed by atoms with Gasteiger partial charge in [0.05, 0.1) is 11.7 Å². The molecule has 0 amide bonds. The number of H-pyrrole nitrogens is 1. The van der Waals surface area contributed by atoms with Crippen LogP contribution in [0.5, 0.6) is 0 Å². The van der Waals surface area contributed by atoms with Gasteiger partial charge in [-0.3, -0.25) is 4.79 Å². The Morgan fingerprint density at radius 1 is 1.18 bits per heavy atom. The van der Waals surface area contributed by atoms with Crippen molar-refractivity contribution >= 4 is 5.95 Å². The fourth-order valence-electron chi connectivity index (χ4n) is 3.46. The lowest BCUT2D eigenvalue weighted by Gasteiger charge is -2.27. The number of anilines is 1. The van der Waals surface area contributed by atoms with Gasteiger partial charge in [-0.2, -0.15) is 5.10 Å². The Morgan fingerprint density at radius 3 is 2.73 bits per heavy atom. The second-order valence-corrected chi connectivity index (χ2v) is 6.24. The predicted octanol–water partition coefficient (Wildman–Crippen LogP) is 1.51. The molecule has 1 aliphatic carbocycles. The maximum Gasteiger partial charge on any atom is 0.264 e. The number of hydrogen-bond donors (Lipinski definition) is 1. The molecule has 1 atom stereocenters. The molecule has 7 heteroatoms. The van der Waals surface area contributed by atoms with Crippen molar-refractivity contribution in [1.82, 2.24) is 25.0 Å². The lowest BCUT2D eigenvalue weighted by Crippen LogP contribution is -2.27. The van der Waals surface area contributed by atoms with Crippen molar-refractivity contribution < 1.29 is 0 Å². The highest BCUT2D eigenvalue weighted by Crippen LogP contribution is 2.38. The minimum atomic E-state index is -0.167. The third-order valence-corrected chi connectivity index (χ3v) is 4.91. The summed E-state index contributed by atoms with van der Waals surface area (Å²) in [6, 6.07) is 3.51. The second-order valence-electron chi connectivity index (χ2n) is 6.24. The number of aromatic amines is 1. The van der Waals surface area contributed by atoms with Crippen LogP contribution < -0.4 is 10.5 Å². The molecule has 1 unspecified atom stereocenters. The Bertz CT molecular complexity index is 711. The topological polar surface area (TPSA) is 79.7 Å². The summed E-state index contributed by atoms with van der Waals surface area (Å²) in [5.74, 6) is 2.58. The standard InChI is InChI=1S/C15H20N6O/c1-20-14(10-4-2-5-10)18-19-15(20)21-9-3-6-12(21)11-7-8-13(22)17-16-11/h7-8,10,12H,2-6,9H2,1H3,(H,17,22). The van der Waals surface area contributed by atoms with E-state index in [1.807, 2.05) is 6.07 Å². The SMILES string of the molecule is Cn1c(C2CCC2)nnc1N1CCCC1c1ccc(=O)[nH]n1. The highest BCUT2D eigenvalue weighted by atomic mass is 16.1. The highest BCUT2D eigenvalue weighted by molar-refractivity contribution is 5.37. The Labute approximate surface area is 128 Å². The molecule has 0 spiro atoms. The Morgan fingerprint density at radius 2 is 2.05 bits per heavy atom. The summed E-state index contributed by atoms with van der Waals surface area (Å²) < 4.78 is 2.13. The lowest BCUT2D eigenvalue weighted by molar-refractivity contribution is 0.392. The van der Waals surface area contributed by atoms with Crippen molar-refractivity contribution in [3.63, 3.8) is 0 Å². The first-order chi connectivity index (χ1) is 10.7. The summed E-state index contributed by atoms with van der Waals surface area (Å²) in [4.78, 5) is 13.5. The first-order valence-electron chi connectivity index (χ1n) is 7.95. The van der Waals surface area contributed by atoms with E-state index in [1.54, 1.807) is 0 Å². The fraction of sp³-hybridized carbons (Fsp3) is 0.600. The third-order valence-electron chi connectivity index (χ3n) is 4.91. The fourth-order valence-corrected chi connectivity index (χ4v) is 3.46. The predicted molar refractivity (Wildman–Crippen MR) is 81.8 cm³/mol. The molecule has 3 heterocycles. The summed E-state index contributed by atoms with van der Waals surface area (Å²) in [6.07, 6.45) is 5.84. The summed E-state index contributed by atoms with van der Waals surface area (Å²) in [5, 5.41) is 15.6. The largest absolute Gasteiger partial charge is 0.332 e. The van der Waals surface area contributed by atoms with Crippen LogP contribution >= 0.6 is 0 Å². The maximum absolute atomic E-state index is 11.2. The van der Waals surface area contributed by atoms with Crippen LogP contribution in [-0.2, 0) is 7.05 Å². The summed E-state index contributed by atoms with van der Waals surface area (Å²) in [6.45, 7) is 0.947. The van der Waals surface area contributed by atoms with Gasteiger partial charge in [0.1, 0.15) is 5.82 Å². The van der Waals surface area contributed by atoms with Crippen LogP contribution in [0.25, 0.3) is 0 Å². The molecular weight excluding hydrogens is 280 g/mol. The second kappa shape index (κ2) is 5.23. The molecule has 7 nitrogen and oxygen atoms in total. The van der Waals surface area contributed by atoms with Gasteiger partial charge in [0.15, 0.2) is 0 Å². The van der Waals surface area contributed by atoms with Gasteiger partial charge in [-0.25, -0.2) is 5.10 Å². The van der Waals surface area contributed by atoms with Gasteiger partial charge in [0.2, 0.25) is 5.95 Å². The molecule has 0 aromatic carbocycles. The van der Waals surface area contributed by atoms with Crippen LogP contribution in [0.4, 0.5) is 5.95 Å². The maximum atomic E-state index is 11.2. The van der Waals surface area contributed by atoms with Crippen molar-refractivity contribution in [3.8, 4) is 0 Å². The minimum Gasteiger partial charge on any atom is -0.332 e. The molecule has 116 valence electrons.